The van der Waals surface area contributed by atoms with Crippen LogP contribution in [0, 0.1) is 0 Å². The lowest BCUT2D eigenvalue weighted by Gasteiger charge is -2.38. The normalized spacial score (nSPS) is 26.5. The maximum atomic E-state index is 12.2. The third kappa shape index (κ3) is 3.36. The van der Waals surface area contributed by atoms with Crippen molar-refractivity contribution in [3.05, 3.63) is 0 Å². The third-order valence-corrected chi connectivity index (χ3v) is 5.39. The fourth-order valence-electron chi connectivity index (χ4n) is 2.42. The predicted molar refractivity (Wildman–Crippen MR) is 73.9 cm³/mol. The van der Waals surface area contributed by atoms with Gasteiger partial charge in [-0.3, -0.25) is 19.4 Å². The van der Waals surface area contributed by atoms with E-state index in [4.69, 9.17) is 0 Å². The molecule has 0 radical (unpaired) electrons. The SMILES string of the molecule is CC1(C)NCCN(C(=O)CN2CCS(=O)(=O)CC2)C1=O. The molecular weight excluding hydrogens is 282 g/mol. The van der Waals surface area contributed by atoms with Gasteiger partial charge in [0.25, 0.3) is 0 Å². The number of sulfone groups is 1. The second kappa shape index (κ2) is 5.42. The fourth-order valence-corrected chi connectivity index (χ4v) is 3.69. The van der Waals surface area contributed by atoms with Gasteiger partial charge in [0.2, 0.25) is 11.8 Å². The largest absolute Gasteiger partial charge is 0.302 e. The van der Waals surface area contributed by atoms with Gasteiger partial charge < -0.3 is 5.32 Å². The zero-order valence-electron chi connectivity index (χ0n) is 11.9. The Morgan fingerprint density at radius 1 is 1.25 bits per heavy atom. The number of rotatable bonds is 2. The van der Waals surface area contributed by atoms with Crippen molar-refractivity contribution in [3.63, 3.8) is 0 Å². The Kier molecular flexibility index (Phi) is 4.17. The van der Waals surface area contributed by atoms with Gasteiger partial charge in [0.1, 0.15) is 0 Å². The lowest BCUT2D eigenvalue weighted by molar-refractivity contribution is -0.151. The number of hydrogen-bond donors (Lipinski definition) is 1. The highest BCUT2D eigenvalue weighted by Crippen LogP contribution is 2.13. The lowest BCUT2D eigenvalue weighted by Crippen LogP contribution is -2.63. The van der Waals surface area contributed by atoms with Gasteiger partial charge in [-0.2, -0.15) is 0 Å². The molecule has 2 aliphatic rings. The summed E-state index contributed by atoms with van der Waals surface area (Å²) in [7, 11) is -2.95. The van der Waals surface area contributed by atoms with E-state index < -0.39 is 15.4 Å². The monoisotopic (exact) mass is 303 g/mol. The Morgan fingerprint density at radius 2 is 1.85 bits per heavy atom. The molecule has 0 saturated carbocycles. The molecule has 0 bridgehead atoms. The summed E-state index contributed by atoms with van der Waals surface area (Å²) in [6, 6.07) is 0. The summed E-state index contributed by atoms with van der Waals surface area (Å²) >= 11 is 0. The third-order valence-electron chi connectivity index (χ3n) is 3.78. The maximum absolute atomic E-state index is 12.2. The first-order valence-electron chi connectivity index (χ1n) is 6.74. The van der Waals surface area contributed by atoms with Crippen molar-refractivity contribution in [2.24, 2.45) is 0 Å². The van der Waals surface area contributed by atoms with E-state index in [9.17, 15) is 18.0 Å². The molecule has 0 atom stereocenters. The molecule has 0 aromatic carbocycles. The van der Waals surface area contributed by atoms with Crippen LogP contribution < -0.4 is 5.32 Å². The summed E-state index contributed by atoms with van der Waals surface area (Å²) in [6.45, 7) is 5.28. The topological polar surface area (TPSA) is 86.8 Å². The molecule has 2 saturated heterocycles. The second-order valence-electron chi connectivity index (χ2n) is 5.83. The summed E-state index contributed by atoms with van der Waals surface area (Å²) < 4.78 is 22.7. The highest BCUT2D eigenvalue weighted by Gasteiger charge is 2.38. The van der Waals surface area contributed by atoms with E-state index in [1.807, 2.05) is 0 Å². The van der Waals surface area contributed by atoms with Gasteiger partial charge in [0, 0.05) is 26.2 Å². The Labute approximate surface area is 119 Å². The number of carbonyl (C=O) groups excluding carboxylic acids is 2. The van der Waals surface area contributed by atoms with Crippen LogP contribution in [0.4, 0.5) is 0 Å². The number of amides is 2. The van der Waals surface area contributed by atoms with Crippen LogP contribution in [0.1, 0.15) is 13.8 Å². The molecule has 8 heteroatoms. The molecule has 2 aliphatic heterocycles. The van der Waals surface area contributed by atoms with Crippen molar-refractivity contribution in [2.75, 3.05) is 44.2 Å². The molecule has 7 nitrogen and oxygen atoms in total. The van der Waals surface area contributed by atoms with Gasteiger partial charge in [-0.05, 0) is 13.8 Å². The van der Waals surface area contributed by atoms with Crippen LogP contribution in [0.5, 0.6) is 0 Å². The highest BCUT2D eigenvalue weighted by atomic mass is 32.2. The molecule has 2 rings (SSSR count). The number of carbonyl (C=O) groups is 2. The van der Waals surface area contributed by atoms with Crippen molar-refractivity contribution >= 4 is 21.7 Å². The van der Waals surface area contributed by atoms with Gasteiger partial charge >= 0.3 is 0 Å². The Bertz CT molecular complexity index is 501. The summed E-state index contributed by atoms with van der Waals surface area (Å²) in [5, 5.41) is 3.07. The van der Waals surface area contributed by atoms with E-state index in [1.165, 1.54) is 4.90 Å². The molecule has 0 unspecified atom stereocenters. The summed E-state index contributed by atoms with van der Waals surface area (Å²) in [5.41, 5.74) is -0.723. The average Bonchev–Trinajstić information content (AvgIpc) is 2.35. The molecule has 0 aliphatic carbocycles. The minimum atomic E-state index is -2.95. The van der Waals surface area contributed by atoms with Gasteiger partial charge in [0.05, 0.1) is 23.6 Å². The molecule has 2 heterocycles. The molecule has 1 N–H and O–H groups in total. The molecule has 0 spiro atoms. The first kappa shape index (κ1) is 15.4. The first-order valence-corrected chi connectivity index (χ1v) is 8.56. The van der Waals surface area contributed by atoms with Crippen LogP contribution in [0.3, 0.4) is 0 Å². The Balaban J connectivity index is 1.94. The molecule has 2 amide bonds. The van der Waals surface area contributed by atoms with Gasteiger partial charge in [-0.1, -0.05) is 0 Å². The van der Waals surface area contributed by atoms with E-state index in [0.717, 1.165) is 0 Å². The quantitative estimate of drug-likeness (QED) is 0.665. The zero-order valence-corrected chi connectivity index (χ0v) is 12.7. The van der Waals surface area contributed by atoms with Gasteiger partial charge in [-0.25, -0.2) is 8.42 Å². The van der Waals surface area contributed by atoms with E-state index in [1.54, 1.807) is 18.7 Å². The van der Waals surface area contributed by atoms with E-state index in [-0.39, 0.29) is 29.9 Å². The fraction of sp³-hybridized carbons (Fsp3) is 0.833. The van der Waals surface area contributed by atoms with E-state index in [0.29, 0.717) is 26.2 Å². The van der Waals surface area contributed by atoms with Gasteiger partial charge in [-0.15, -0.1) is 0 Å². The van der Waals surface area contributed by atoms with Crippen molar-refractivity contribution in [1.29, 1.82) is 0 Å². The van der Waals surface area contributed by atoms with Crippen LogP contribution in [0.15, 0.2) is 0 Å². The number of nitrogens with one attached hydrogen (secondary N) is 1. The van der Waals surface area contributed by atoms with Crippen LogP contribution in [-0.2, 0) is 19.4 Å². The van der Waals surface area contributed by atoms with Crippen molar-refractivity contribution in [2.45, 2.75) is 19.4 Å². The molecular formula is C12H21N3O4S. The number of hydrogen-bond acceptors (Lipinski definition) is 6. The average molecular weight is 303 g/mol. The predicted octanol–water partition coefficient (Wildman–Crippen LogP) is -1.55. The summed E-state index contributed by atoms with van der Waals surface area (Å²) in [6.07, 6.45) is 0. The van der Waals surface area contributed by atoms with Crippen molar-refractivity contribution in [3.8, 4) is 0 Å². The molecule has 114 valence electrons. The Hall–Kier alpha value is -0.990. The molecule has 20 heavy (non-hydrogen) atoms. The molecule has 0 aromatic rings. The first-order chi connectivity index (χ1) is 9.21. The second-order valence-corrected chi connectivity index (χ2v) is 8.13. The number of piperazine rings is 1. The van der Waals surface area contributed by atoms with Crippen LogP contribution in [-0.4, -0.2) is 79.8 Å². The van der Waals surface area contributed by atoms with Gasteiger partial charge in [0.15, 0.2) is 9.84 Å². The minimum absolute atomic E-state index is 0.0846. The number of imide groups is 1. The Morgan fingerprint density at radius 3 is 2.45 bits per heavy atom. The number of nitrogens with zero attached hydrogens (tertiary/aromatic N) is 2. The maximum Gasteiger partial charge on any atom is 0.248 e. The van der Waals surface area contributed by atoms with Crippen molar-refractivity contribution < 1.29 is 18.0 Å². The molecule has 2 fully saturated rings. The summed E-state index contributed by atoms with van der Waals surface area (Å²) in [5.74, 6) is -0.301. The van der Waals surface area contributed by atoms with Crippen molar-refractivity contribution in [1.82, 2.24) is 15.1 Å². The lowest BCUT2D eigenvalue weighted by atomic mass is 10.0. The van der Waals surface area contributed by atoms with E-state index in [2.05, 4.69) is 5.32 Å². The summed E-state index contributed by atoms with van der Waals surface area (Å²) in [4.78, 5) is 27.4. The smallest absolute Gasteiger partial charge is 0.248 e. The minimum Gasteiger partial charge on any atom is -0.302 e. The van der Waals surface area contributed by atoms with Crippen LogP contribution in [0.25, 0.3) is 0 Å². The molecule has 0 aromatic heterocycles. The van der Waals surface area contributed by atoms with Crippen LogP contribution >= 0.6 is 0 Å². The van der Waals surface area contributed by atoms with E-state index >= 15 is 0 Å². The zero-order chi connectivity index (χ0) is 15.0. The standard InChI is InChI=1S/C12H21N3O4S/c1-12(2)11(17)15(4-3-13-12)10(16)9-14-5-7-20(18,19)8-6-14/h13H,3-9H2,1-2H3. The highest BCUT2D eigenvalue weighted by molar-refractivity contribution is 7.91. The van der Waals surface area contributed by atoms with Crippen LogP contribution in [0.2, 0.25) is 0 Å².